The molecule has 0 fully saturated rings. The van der Waals surface area contributed by atoms with Gasteiger partial charge in [-0.15, -0.1) is 0 Å². The quantitative estimate of drug-likeness (QED) is 0.594. The van der Waals surface area contributed by atoms with E-state index in [1.54, 1.807) is 0 Å². The lowest BCUT2D eigenvalue weighted by Crippen LogP contribution is -2.10. The Morgan fingerprint density at radius 2 is 2.25 bits per heavy atom. The molecule has 1 radical (unpaired) electrons. The Balaban J connectivity index is 3.10. The molecule has 0 aliphatic carbocycles. The molecule has 0 saturated carbocycles. The summed E-state index contributed by atoms with van der Waals surface area (Å²) < 4.78 is 11.9. The van der Waals surface area contributed by atoms with E-state index in [-0.39, 0.29) is 6.42 Å². The van der Waals surface area contributed by atoms with Crippen LogP contribution < -0.4 is 0 Å². The van der Waals surface area contributed by atoms with Crippen LogP contribution in [-0.2, 0) is 0 Å². The highest BCUT2D eigenvalue weighted by Crippen LogP contribution is 2.02. The van der Waals surface area contributed by atoms with Crippen LogP contribution in [0.5, 0.6) is 0 Å². The lowest BCUT2D eigenvalue weighted by Gasteiger charge is -2.06. The molecule has 0 aromatic rings. The van der Waals surface area contributed by atoms with Gasteiger partial charge in [0.05, 0.1) is 6.10 Å². The summed E-state index contributed by atoms with van der Waals surface area (Å²) in [5, 5.41) is 8.75. The van der Waals surface area contributed by atoms with Crippen LogP contribution in [0.15, 0.2) is 0 Å². The van der Waals surface area contributed by atoms with Gasteiger partial charge in [0, 0.05) is 6.42 Å². The summed E-state index contributed by atoms with van der Waals surface area (Å²) in [5.41, 5.74) is 0. The van der Waals surface area contributed by atoms with Crippen LogP contribution >= 0.6 is 0 Å². The molecule has 0 heterocycles. The lowest BCUT2D eigenvalue weighted by molar-refractivity contribution is 0.134. The van der Waals surface area contributed by atoms with Gasteiger partial charge >= 0.3 is 0 Å². The fourth-order valence-electron chi connectivity index (χ4n) is 0.462. The van der Waals surface area contributed by atoms with E-state index in [0.29, 0.717) is 6.42 Å². The fourth-order valence-corrected chi connectivity index (χ4v) is 0.462. The van der Waals surface area contributed by atoms with Gasteiger partial charge < -0.3 is 5.11 Å². The molecule has 2 heteroatoms. The third-order valence-electron chi connectivity index (χ3n) is 0.999. The summed E-state index contributed by atoms with van der Waals surface area (Å²) in [4.78, 5) is 0. The first-order chi connectivity index (χ1) is 3.66. The zero-order valence-electron chi connectivity index (χ0n) is 5.10. The van der Waals surface area contributed by atoms with Crippen molar-refractivity contribution in [2.75, 3.05) is 0 Å². The summed E-state index contributed by atoms with van der Waals surface area (Å²) in [5.74, 6) is 0. The molecule has 1 N–H and O–H groups in total. The van der Waals surface area contributed by atoms with Crippen molar-refractivity contribution in [3.8, 4) is 0 Å². The van der Waals surface area contributed by atoms with Crippen LogP contribution in [0.2, 0.25) is 0 Å². The number of alkyl halides is 1. The number of aliphatic hydroxyl groups is 1. The molecule has 0 amide bonds. The number of hydrogen-bond donors (Lipinski definition) is 1. The van der Waals surface area contributed by atoms with E-state index in [0.717, 1.165) is 0 Å². The monoisotopic (exact) mass is 119 g/mol. The molecule has 0 rings (SSSR count). The standard InChI is InChI=1S/C6H12FO/c1-3-6(8)4-5(2)7/h5-6,8H,2-4H2,1H3. The van der Waals surface area contributed by atoms with Crippen LogP contribution in [0, 0.1) is 6.92 Å². The second kappa shape index (κ2) is 3.84. The molecule has 49 valence electrons. The van der Waals surface area contributed by atoms with Gasteiger partial charge in [-0.05, 0) is 13.3 Å². The second-order valence-corrected chi connectivity index (χ2v) is 1.90. The molecule has 0 spiro atoms. The summed E-state index contributed by atoms with van der Waals surface area (Å²) in [7, 11) is 0. The zero-order chi connectivity index (χ0) is 6.57. The topological polar surface area (TPSA) is 20.2 Å². The Bertz CT molecular complexity index is 54.5. The second-order valence-electron chi connectivity index (χ2n) is 1.90. The van der Waals surface area contributed by atoms with Gasteiger partial charge in [0.1, 0.15) is 6.17 Å². The van der Waals surface area contributed by atoms with Crippen LogP contribution in [0.3, 0.4) is 0 Å². The maximum Gasteiger partial charge on any atom is 0.103 e. The van der Waals surface area contributed by atoms with E-state index in [2.05, 4.69) is 6.92 Å². The maximum absolute atomic E-state index is 11.9. The van der Waals surface area contributed by atoms with Crippen LogP contribution in [0.25, 0.3) is 0 Å². The van der Waals surface area contributed by atoms with Crippen LogP contribution in [0.1, 0.15) is 19.8 Å². The smallest absolute Gasteiger partial charge is 0.103 e. The first kappa shape index (κ1) is 7.89. The van der Waals surface area contributed by atoms with Crippen molar-refractivity contribution in [3.63, 3.8) is 0 Å². The third kappa shape index (κ3) is 4.06. The van der Waals surface area contributed by atoms with Crippen molar-refractivity contribution < 1.29 is 9.50 Å². The largest absolute Gasteiger partial charge is 0.393 e. The molecule has 0 aliphatic rings. The predicted molar refractivity (Wildman–Crippen MR) is 31.2 cm³/mol. The minimum Gasteiger partial charge on any atom is -0.393 e. The summed E-state index contributed by atoms with van der Waals surface area (Å²) in [6.07, 6.45) is -0.862. The normalized spacial score (nSPS) is 18.0. The summed E-state index contributed by atoms with van der Waals surface area (Å²) in [6.45, 7) is 4.91. The third-order valence-corrected chi connectivity index (χ3v) is 0.999. The Morgan fingerprint density at radius 1 is 1.75 bits per heavy atom. The van der Waals surface area contributed by atoms with Gasteiger partial charge in [0.2, 0.25) is 0 Å². The van der Waals surface area contributed by atoms with Gasteiger partial charge in [0.25, 0.3) is 0 Å². The van der Waals surface area contributed by atoms with Crippen molar-refractivity contribution in [2.45, 2.75) is 32.0 Å². The molecule has 8 heavy (non-hydrogen) atoms. The maximum atomic E-state index is 11.9. The van der Waals surface area contributed by atoms with Crippen molar-refractivity contribution in [1.29, 1.82) is 0 Å². The fraction of sp³-hybridized carbons (Fsp3) is 0.833. The molecular formula is C6H12FO. The molecule has 0 aromatic carbocycles. The lowest BCUT2D eigenvalue weighted by atomic mass is 10.1. The Labute approximate surface area is 49.5 Å². The number of hydrogen-bond acceptors (Lipinski definition) is 1. The highest BCUT2D eigenvalue weighted by Gasteiger charge is 2.05. The van der Waals surface area contributed by atoms with Gasteiger partial charge in [-0.25, -0.2) is 4.39 Å². The van der Waals surface area contributed by atoms with E-state index in [1.807, 2.05) is 6.92 Å². The molecule has 0 aliphatic heterocycles. The van der Waals surface area contributed by atoms with E-state index < -0.39 is 12.3 Å². The van der Waals surface area contributed by atoms with Crippen molar-refractivity contribution in [3.05, 3.63) is 6.92 Å². The highest BCUT2D eigenvalue weighted by molar-refractivity contribution is 4.62. The van der Waals surface area contributed by atoms with Gasteiger partial charge in [-0.2, -0.15) is 0 Å². The minimum atomic E-state index is -1.12. The van der Waals surface area contributed by atoms with Gasteiger partial charge in [-0.1, -0.05) is 6.92 Å². The molecule has 0 aromatic heterocycles. The van der Waals surface area contributed by atoms with Gasteiger partial charge in [-0.3, -0.25) is 0 Å². The molecule has 0 bridgehead atoms. The van der Waals surface area contributed by atoms with Crippen molar-refractivity contribution >= 4 is 0 Å². The van der Waals surface area contributed by atoms with Crippen molar-refractivity contribution in [1.82, 2.24) is 0 Å². The van der Waals surface area contributed by atoms with E-state index in [1.165, 1.54) is 0 Å². The van der Waals surface area contributed by atoms with Gasteiger partial charge in [0.15, 0.2) is 0 Å². The predicted octanol–water partition coefficient (Wildman–Crippen LogP) is 1.32. The zero-order valence-corrected chi connectivity index (χ0v) is 5.10. The molecule has 2 unspecified atom stereocenters. The highest BCUT2D eigenvalue weighted by atomic mass is 19.1. The van der Waals surface area contributed by atoms with Crippen LogP contribution in [-0.4, -0.2) is 17.4 Å². The SMILES string of the molecule is [CH2]C(F)CC(O)CC. The first-order valence-electron chi connectivity index (χ1n) is 2.82. The van der Waals surface area contributed by atoms with E-state index in [4.69, 9.17) is 5.11 Å². The van der Waals surface area contributed by atoms with E-state index in [9.17, 15) is 4.39 Å². The van der Waals surface area contributed by atoms with E-state index >= 15 is 0 Å². The summed E-state index contributed by atoms with van der Waals surface area (Å²) >= 11 is 0. The number of rotatable bonds is 3. The molecular weight excluding hydrogens is 107 g/mol. The Hall–Kier alpha value is -0.110. The average molecular weight is 119 g/mol. The molecule has 0 saturated heterocycles. The minimum absolute atomic E-state index is 0.163. The average Bonchev–Trinajstić information content (AvgIpc) is 1.65. The number of aliphatic hydroxyl groups excluding tert-OH is 1. The summed E-state index contributed by atoms with van der Waals surface area (Å²) in [6, 6.07) is 0. The van der Waals surface area contributed by atoms with Crippen LogP contribution in [0.4, 0.5) is 4.39 Å². The van der Waals surface area contributed by atoms with Crippen molar-refractivity contribution in [2.24, 2.45) is 0 Å². The first-order valence-corrected chi connectivity index (χ1v) is 2.82. The molecule has 1 nitrogen and oxygen atoms in total. The molecule has 2 atom stereocenters. The Morgan fingerprint density at radius 3 is 2.38 bits per heavy atom. The Kier molecular flexibility index (Phi) is 3.79. The number of halogens is 1.